The number of nitrogens with one attached hydrogen (secondary N) is 1. The molecule has 2 aromatic heterocycles. The third-order valence-electron chi connectivity index (χ3n) is 7.87. The summed E-state index contributed by atoms with van der Waals surface area (Å²) in [6.07, 6.45) is 0. The summed E-state index contributed by atoms with van der Waals surface area (Å²) in [6, 6.07) is 26.1. The lowest BCUT2D eigenvalue weighted by Gasteiger charge is -2.18. The largest absolute Gasteiger partial charge is 0.493 e. The fourth-order valence-electron chi connectivity index (χ4n) is 5.34. The van der Waals surface area contributed by atoms with E-state index in [4.69, 9.17) is 23.5 Å². The zero-order valence-corrected chi connectivity index (χ0v) is 28.3. The highest BCUT2D eigenvalue weighted by atomic mass is 16.6. The Labute approximate surface area is 287 Å². The maximum atomic E-state index is 13.6. The highest BCUT2D eigenvalue weighted by Crippen LogP contribution is 2.33. The first-order valence-electron chi connectivity index (χ1n) is 16.0. The molecular formula is C38H36N4O8. The molecule has 0 saturated carbocycles. The van der Waals surface area contributed by atoms with E-state index in [0.717, 1.165) is 22.3 Å². The molecule has 0 aliphatic heterocycles. The quantitative estimate of drug-likeness (QED) is 0.115. The Morgan fingerprint density at radius 2 is 1.64 bits per heavy atom. The zero-order valence-electron chi connectivity index (χ0n) is 28.3. The number of hydrogen-bond donors (Lipinski definition) is 1. The summed E-state index contributed by atoms with van der Waals surface area (Å²) in [5, 5.41) is 3.85. The normalized spacial score (nSPS) is 11.4. The van der Waals surface area contributed by atoms with Crippen molar-refractivity contribution in [3.05, 3.63) is 112 Å². The lowest BCUT2D eigenvalue weighted by atomic mass is 9.97. The van der Waals surface area contributed by atoms with E-state index in [1.807, 2.05) is 66.1 Å². The van der Waals surface area contributed by atoms with E-state index < -0.39 is 23.1 Å². The van der Waals surface area contributed by atoms with Gasteiger partial charge in [0.2, 0.25) is 0 Å². The molecule has 6 aromatic rings. The van der Waals surface area contributed by atoms with Gasteiger partial charge in [-0.2, -0.15) is 4.98 Å². The van der Waals surface area contributed by atoms with E-state index >= 15 is 0 Å². The Morgan fingerprint density at radius 1 is 0.900 bits per heavy atom. The fraction of sp³-hybridized carbons (Fsp3) is 0.237. The molecule has 1 N–H and O–H groups in total. The van der Waals surface area contributed by atoms with Crippen molar-refractivity contribution in [2.24, 2.45) is 5.41 Å². The molecule has 0 aliphatic rings. The van der Waals surface area contributed by atoms with Crippen LogP contribution in [0.3, 0.4) is 0 Å². The number of aromatic amines is 1. The Balaban J connectivity index is 1.25. The van der Waals surface area contributed by atoms with Gasteiger partial charge >= 0.3 is 17.7 Å². The Bertz CT molecular complexity index is 2220. The number of carbonyl (C=O) groups excluding carboxylic acids is 2. The minimum Gasteiger partial charge on any atom is -0.493 e. The number of imidazole rings is 1. The third kappa shape index (κ3) is 7.14. The summed E-state index contributed by atoms with van der Waals surface area (Å²) in [4.78, 5) is 44.9. The number of esters is 2. The molecule has 0 saturated heterocycles. The number of benzene rings is 4. The average molecular weight is 677 g/mol. The van der Waals surface area contributed by atoms with Crippen LogP contribution < -0.4 is 20.0 Å². The van der Waals surface area contributed by atoms with Crippen molar-refractivity contribution >= 4 is 23.0 Å². The van der Waals surface area contributed by atoms with Gasteiger partial charge in [-0.15, -0.1) is 0 Å². The minimum atomic E-state index is -0.688. The summed E-state index contributed by atoms with van der Waals surface area (Å²) >= 11 is 0. The van der Waals surface area contributed by atoms with Crippen molar-refractivity contribution in [3.8, 4) is 40.0 Å². The highest BCUT2D eigenvalue weighted by molar-refractivity contribution is 6.02. The van der Waals surface area contributed by atoms with Crippen molar-refractivity contribution < 1.29 is 33.1 Å². The van der Waals surface area contributed by atoms with Crippen LogP contribution in [-0.4, -0.2) is 45.3 Å². The van der Waals surface area contributed by atoms with Gasteiger partial charge in [0.25, 0.3) is 6.01 Å². The lowest BCUT2D eigenvalue weighted by Crippen LogP contribution is -2.25. The monoisotopic (exact) mass is 676 g/mol. The van der Waals surface area contributed by atoms with Gasteiger partial charge in [0, 0.05) is 5.56 Å². The molecule has 0 fully saturated rings. The molecule has 0 bridgehead atoms. The van der Waals surface area contributed by atoms with Gasteiger partial charge < -0.3 is 18.9 Å². The Kier molecular flexibility index (Phi) is 9.53. The maximum absolute atomic E-state index is 13.6. The van der Waals surface area contributed by atoms with Gasteiger partial charge in [-0.3, -0.25) is 18.9 Å². The predicted molar refractivity (Wildman–Crippen MR) is 185 cm³/mol. The van der Waals surface area contributed by atoms with Crippen molar-refractivity contribution in [2.75, 3.05) is 13.7 Å². The topological polar surface area (TPSA) is 148 Å². The van der Waals surface area contributed by atoms with Gasteiger partial charge in [0.05, 0.1) is 42.3 Å². The first-order chi connectivity index (χ1) is 24.0. The van der Waals surface area contributed by atoms with E-state index in [1.54, 1.807) is 51.1 Å². The second kappa shape index (κ2) is 14.1. The standard InChI is InChI=1S/C38H36N4O8/c1-6-47-36-39-29-13-9-12-28(34(43)48-22-24-16-19-30(31(20-24)46-5)49-35(44)38(2,3)4)32(29)42(36)21-23-14-17-25(18-15-23)26-10-7-8-11-27(26)33-40-37(45)50-41-33/h7-20H,6,21-22H2,1-5H3,(H,40,41,45). The molecule has 0 unspecified atom stereocenters. The van der Waals surface area contributed by atoms with Gasteiger partial charge in [0.1, 0.15) is 6.61 Å². The lowest BCUT2D eigenvalue weighted by molar-refractivity contribution is -0.143. The minimum absolute atomic E-state index is 0.0449. The molecule has 0 aliphatic carbocycles. The summed E-state index contributed by atoms with van der Waals surface area (Å²) in [5.41, 5.74) is 4.90. The molecule has 0 radical (unpaired) electrons. The van der Waals surface area contributed by atoms with E-state index in [-0.39, 0.29) is 12.4 Å². The van der Waals surface area contributed by atoms with E-state index in [0.29, 0.717) is 52.9 Å². The first kappa shape index (κ1) is 33.7. The Morgan fingerprint density at radius 3 is 2.32 bits per heavy atom. The van der Waals surface area contributed by atoms with Crippen LogP contribution in [0, 0.1) is 5.41 Å². The number of ether oxygens (including phenoxy) is 4. The van der Waals surface area contributed by atoms with E-state index in [2.05, 4.69) is 15.1 Å². The highest BCUT2D eigenvalue weighted by Gasteiger charge is 2.25. The van der Waals surface area contributed by atoms with Crippen LogP contribution in [-0.2, 0) is 22.7 Å². The molecule has 12 nitrogen and oxygen atoms in total. The molecule has 0 amide bonds. The number of H-pyrrole nitrogens is 1. The van der Waals surface area contributed by atoms with Crippen LogP contribution in [0.25, 0.3) is 33.5 Å². The van der Waals surface area contributed by atoms with Gasteiger partial charge in [-0.1, -0.05) is 65.8 Å². The average Bonchev–Trinajstić information content (AvgIpc) is 3.70. The number of fused-ring (bicyclic) bond motifs is 1. The van der Waals surface area contributed by atoms with Gasteiger partial charge in [0.15, 0.2) is 17.3 Å². The fourth-order valence-corrected chi connectivity index (χ4v) is 5.34. The van der Waals surface area contributed by atoms with Crippen LogP contribution in [0.1, 0.15) is 49.2 Å². The first-order valence-corrected chi connectivity index (χ1v) is 16.0. The summed E-state index contributed by atoms with van der Waals surface area (Å²) in [7, 11) is 1.48. The number of para-hydroxylation sites is 1. The molecule has 2 heterocycles. The molecule has 6 rings (SSSR count). The van der Waals surface area contributed by atoms with Crippen LogP contribution in [0.2, 0.25) is 0 Å². The van der Waals surface area contributed by atoms with Crippen molar-refractivity contribution in [1.82, 2.24) is 19.7 Å². The van der Waals surface area contributed by atoms with Crippen LogP contribution in [0.15, 0.2) is 94.2 Å². The van der Waals surface area contributed by atoms with Gasteiger partial charge in [-0.25, -0.2) is 9.59 Å². The van der Waals surface area contributed by atoms with E-state index in [1.165, 1.54) is 7.11 Å². The number of nitrogens with zero attached hydrogens (tertiary/aromatic N) is 3. The van der Waals surface area contributed by atoms with Crippen LogP contribution in [0.4, 0.5) is 0 Å². The molecule has 12 heteroatoms. The third-order valence-corrected chi connectivity index (χ3v) is 7.87. The van der Waals surface area contributed by atoms with Crippen molar-refractivity contribution in [2.45, 2.75) is 40.8 Å². The molecule has 0 spiro atoms. The number of aromatic nitrogens is 4. The molecule has 50 heavy (non-hydrogen) atoms. The Hall–Kier alpha value is -6.17. The summed E-state index contributed by atoms with van der Waals surface area (Å²) in [6.45, 7) is 7.87. The maximum Gasteiger partial charge on any atom is 0.439 e. The smallest absolute Gasteiger partial charge is 0.439 e. The second-order valence-corrected chi connectivity index (χ2v) is 12.5. The molecule has 4 aromatic carbocycles. The van der Waals surface area contributed by atoms with Gasteiger partial charge in [-0.05, 0) is 74.2 Å². The van der Waals surface area contributed by atoms with Crippen LogP contribution >= 0.6 is 0 Å². The molecule has 0 atom stereocenters. The number of hydrogen-bond acceptors (Lipinski definition) is 10. The number of methoxy groups -OCH3 is 1. The number of carbonyl (C=O) groups is 2. The predicted octanol–water partition coefficient (Wildman–Crippen LogP) is 6.81. The molecule has 256 valence electrons. The second-order valence-electron chi connectivity index (χ2n) is 12.5. The van der Waals surface area contributed by atoms with Crippen molar-refractivity contribution in [1.29, 1.82) is 0 Å². The van der Waals surface area contributed by atoms with E-state index in [9.17, 15) is 14.4 Å². The SMILES string of the molecule is CCOc1nc2cccc(C(=O)OCc3ccc(OC(=O)C(C)(C)C)c(OC)c3)c2n1Cc1ccc(-c2ccccc2-c2noc(=O)[nH]2)cc1. The summed E-state index contributed by atoms with van der Waals surface area (Å²) < 4.78 is 29.2. The summed E-state index contributed by atoms with van der Waals surface area (Å²) in [5.74, 6) is -0.587. The number of rotatable bonds is 11. The molecular weight excluding hydrogens is 640 g/mol. The van der Waals surface area contributed by atoms with Crippen LogP contribution in [0.5, 0.6) is 17.5 Å². The zero-order chi connectivity index (χ0) is 35.4. The van der Waals surface area contributed by atoms with Crippen molar-refractivity contribution in [3.63, 3.8) is 0 Å².